The molecule has 1 aliphatic heterocycles. The number of likely N-dealkylation sites (tertiary alicyclic amines) is 1. The number of carbonyl (C=O) groups is 2. The van der Waals surface area contributed by atoms with Gasteiger partial charge >= 0.3 is 0 Å². The third-order valence-electron chi connectivity index (χ3n) is 4.85. The van der Waals surface area contributed by atoms with Crippen molar-refractivity contribution < 1.29 is 14.3 Å². The van der Waals surface area contributed by atoms with Crippen molar-refractivity contribution in [3.63, 3.8) is 0 Å². The average molecular weight is 443 g/mol. The summed E-state index contributed by atoms with van der Waals surface area (Å²) >= 11 is 7.16. The van der Waals surface area contributed by atoms with Crippen molar-refractivity contribution in [2.75, 3.05) is 19.0 Å². The Kier molecular flexibility index (Phi) is 5.96. The lowest BCUT2D eigenvalue weighted by Gasteiger charge is -2.22. The molecule has 1 aliphatic rings. The van der Waals surface area contributed by atoms with Crippen molar-refractivity contribution in [2.24, 2.45) is 0 Å². The number of nitrogens with one attached hydrogen (secondary N) is 1. The Morgan fingerprint density at radius 3 is 2.73 bits per heavy atom. The van der Waals surface area contributed by atoms with E-state index in [9.17, 15) is 9.59 Å². The van der Waals surface area contributed by atoms with Gasteiger partial charge < -0.3 is 15.0 Å². The molecule has 0 saturated carbocycles. The van der Waals surface area contributed by atoms with Gasteiger partial charge in [0, 0.05) is 22.8 Å². The van der Waals surface area contributed by atoms with Gasteiger partial charge in [0.05, 0.1) is 13.2 Å². The molecule has 0 spiro atoms. The molecule has 1 N–H and O–H groups in total. The van der Waals surface area contributed by atoms with E-state index >= 15 is 0 Å². The minimum absolute atomic E-state index is 0.0692. The van der Waals surface area contributed by atoms with Crippen LogP contribution >= 0.6 is 22.9 Å². The first-order valence-electron chi connectivity index (χ1n) is 9.40. The molecule has 2 heterocycles. The highest BCUT2D eigenvalue weighted by Gasteiger charge is 2.33. The minimum Gasteiger partial charge on any atom is -0.497 e. The van der Waals surface area contributed by atoms with E-state index in [1.807, 2.05) is 0 Å². The second-order valence-corrected chi connectivity index (χ2v) is 8.24. The third-order valence-corrected chi connectivity index (χ3v) is 6.11. The fraction of sp³-hybridized carbons (Fsp3) is 0.238. The number of benzene rings is 2. The van der Waals surface area contributed by atoms with Crippen LogP contribution in [0, 0.1) is 0 Å². The summed E-state index contributed by atoms with van der Waals surface area (Å²) in [5.74, 6) is 0.274. The van der Waals surface area contributed by atoms with E-state index in [1.165, 1.54) is 11.3 Å². The fourth-order valence-electron chi connectivity index (χ4n) is 3.38. The topological polar surface area (TPSA) is 84.4 Å². The van der Waals surface area contributed by atoms with E-state index in [0.29, 0.717) is 33.6 Å². The maximum absolute atomic E-state index is 13.0. The summed E-state index contributed by atoms with van der Waals surface area (Å²) in [6, 6.07) is 13.7. The molecule has 0 aliphatic carbocycles. The van der Waals surface area contributed by atoms with E-state index in [1.54, 1.807) is 60.5 Å². The highest BCUT2D eigenvalue weighted by Crippen LogP contribution is 2.35. The Balaban J connectivity index is 1.48. The Bertz CT molecular complexity index is 1070. The van der Waals surface area contributed by atoms with Gasteiger partial charge in [-0.3, -0.25) is 9.59 Å². The molecule has 4 rings (SSSR count). The summed E-state index contributed by atoms with van der Waals surface area (Å²) in [6.45, 7) is 0.638. The zero-order valence-corrected chi connectivity index (χ0v) is 17.7. The van der Waals surface area contributed by atoms with Crippen LogP contribution in [0.5, 0.6) is 5.75 Å². The van der Waals surface area contributed by atoms with Gasteiger partial charge in [0.1, 0.15) is 10.8 Å². The quantitative estimate of drug-likeness (QED) is 0.631. The van der Waals surface area contributed by atoms with E-state index in [-0.39, 0.29) is 22.9 Å². The van der Waals surface area contributed by atoms with Gasteiger partial charge in [0.25, 0.3) is 11.8 Å². The van der Waals surface area contributed by atoms with E-state index < -0.39 is 0 Å². The lowest BCUT2D eigenvalue weighted by atomic mass is 10.1. The largest absolute Gasteiger partial charge is 0.497 e. The molecular formula is C21H19ClN4O3S. The van der Waals surface area contributed by atoms with Crippen LogP contribution in [-0.2, 0) is 0 Å². The summed E-state index contributed by atoms with van der Waals surface area (Å²) in [5.41, 5.74) is 1.17. The molecular weight excluding hydrogens is 424 g/mol. The van der Waals surface area contributed by atoms with E-state index in [4.69, 9.17) is 16.3 Å². The Morgan fingerprint density at radius 1 is 1.20 bits per heavy atom. The number of halogens is 1. The van der Waals surface area contributed by atoms with Crippen LogP contribution in [-0.4, -0.2) is 40.6 Å². The highest BCUT2D eigenvalue weighted by molar-refractivity contribution is 7.13. The third kappa shape index (κ3) is 4.29. The van der Waals surface area contributed by atoms with Crippen LogP contribution in [0.4, 0.5) is 5.69 Å². The van der Waals surface area contributed by atoms with Crippen molar-refractivity contribution in [1.29, 1.82) is 0 Å². The molecule has 0 unspecified atom stereocenters. The highest BCUT2D eigenvalue weighted by atomic mass is 35.5. The molecule has 30 heavy (non-hydrogen) atoms. The lowest BCUT2D eigenvalue weighted by molar-refractivity contribution is 0.0735. The molecule has 0 bridgehead atoms. The predicted molar refractivity (Wildman–Crippen MR) is 115 cm³/mol. The van der Waals surface area contributed by atoms with Crippen LogP contribution in [0.15, 0.2) is 48.5 Å². The molecule has 7 nitrogen and oxygen atoms in total. The summed E-state index contributed by atoms with van der Waals surface area (Å²) in [5, 5.41) is 12.4. The van der Waals surface area contributed by atoms with Crippen LogP contribution in [0.3, 0.4) is 0 Å². The average Bonchev–Trinajstić information content (AvgIpc) is 3.43. The SMILES string of the molecule is COc1ccc(C(=O)N2CCC[C@H]2c2nnc(C(=O)Nc3cccc(Cl)c3)s2)cc1. The monoisotopic (exact) mass is 442 g/mol. The number of rotatable bonds is 5. The fourth-order valence-corrected chi connectivity index (χ4v) is 4.45. The first kappa shape index (κ1) is 20.3. The van der Waals surface area contributed by atoms with Gasteiger partial charge in [-0.2, -0.15) is 0 Å². The number of anilines is 1. The van der Waals surface area contributed by atoms with E-state index in [2.05, 4.69) is 15.5 Å². The van der Waals surface area contributed by atoms with Crippen LogP contribution in [0.1, 0.15) is 44.1 Å². The molecule has 1 fully saturated rings. The maximum Gasteiger partial charge on any atom is 0.286 e. The van der Waals surface area contributed by atoms with E-state index in [0.717, 1.165) is 12.8 Å². The smallest absolute Gasteiger partial charge is 0.286 e. The molecule has 2 amide bonds. The predicted octanol–water partition coefficient (Wildman–Crippen LogP) is 4.43. The number of ether oxygens (including phenoxy) is 1. The second-order valence-electron chi connectivity index (χ2n) is 6.79. The summed E-state index contributed by atoms with van der Waals surface area (Å²) in [4.78, 5) is 27.3. The molecule has 1 saturated heterocycles. The Labute approximate surface area is 182 Å². The summed E-state index contributed by atoms with van der Waals surface area (Å²) in [7, 11) is 1.59. The van der Waals surface area contributed by atoms with Gasteiger partial charge in [0.2, 0.25) is 5.01 Å². The summed E-state index contributed by atoms with van der Waals surface area (Å²) in [6.07, 6.45) is 1.66. The molecule has 1 atom stereocenters. The number of amides is 2. The standard InChI is InChI=1S/C21H19ClN4O3S/c1-29-16-9-7-13(8-10-16)21(28)26-11-3-6-17(26)19-24-25-20(30-19)18(27)23-15-5-2-4-14(22)12-15/h2,4-5,7-10,12,17H,3,6,11H2,1H3,(H,23,27)/t17-/m0/s1. The first-order valence-corrected chi connectivity index (χ1v) is 10.6. The van der Waals surface area contributed by atoms with Gasteiger partial charge in [-0.15, -0.1) is 10.2 Å². The zero-order valence-electron chi connectivity index (χ0n) is 16.2. The number of hydrogen-bond donors (Lipinski definition) is 1. The summed E-state index contributed by atoms with van der Waals surface area (Å²) < 4.78 is 5.15. The number of nitrogens with zero attached hydrogens (tertiary/aromatic N) is 3. The van der Waals surface area contributed by atoms with Crippen LogP contribution in [0.25, 0.3) is 0 Å². The zero-order chi connectivity index (χ0) is 21.1. The van der Waals surface area contributed by atoms with Crippen molar-refractivity contribution in [2.45, 2.75) is 18.9 Å². The molecule has 2 aromatic carbocycles. The maximum atomic E-state index is 13.0. The van der Waals surface area contributed by atoms with Crippen molar-refractivity contribution in [3.05, 3.63) is 69.1 Å². The van der Waals surface area contributed by atoms with Gasteiger partial charge in [0.15, 0.2) is 0 Å². The van der Waals surface area contributed by atoms with Gasteiger partial charge in [-0.25, -0.2) is 0 Å². The van der Waals surface area contributed by atoms with Crippen molar-refractivity contribution >= 4 is 40.4 Å². The number of aromatic nitrogens is 2. The molecule has 9 heteroatoms. The molecule has 3 aromatic rings. The molecule has 1 aromatic heterocycles. The number of methoxy groups -OCH3 is 1. The Morgan fingerprint density at radius 2 is 2.00 bits per heavy atom. The second kappa shape index (κ2) is 8.81. The van der Waals surface area contributed by atoms with Crippen molar-refractivity contribution in [3.8, 4) is 5.75 Å². The lowest BCUT2D eigenvalue weighted by Crippen LogP contribution is -2.30. The molecule has 154 valence electrons. The molecule has 0 radical (unpaired) electrons. The van der Waals surface area contributed by atoms with Gasteiger partial charge in [-0.1, -0.05) is 29.0 Å². The minimum atomic E-state index is -0.355. The van der Waals surface area contributed by atoms with Crippen LogP contribution < -0.4 is 10.1 Å². The number of hydrogen-bond acceptors (Lipinski definition) is 6. The Hall–Kier alpha value is -2.97. The first-order chi connectivity index (χ1) is 14.5. The normalized spacial score (nSPS) is 15.8. The van der Waals surface area contributed by atoms with Gasteiger partial charge in [-0.05, 0) is 55.3 Å². The van der Waals surface area contributed by atoms with Crippen molar-refractivity contribution in [1.82, 2.24) is 15.1 Å². The number of carbonyl (C=O) groups excluding carboxylic acids is 2. The van der Waals surface area contributed by atoms with Crippen LogP contribution in [0.2, 0.25) is 5.02 Å².